The maximum atomic E-state index is 5.94. The molecule has 0 atom stereocenters. The zero-order valence-corrected chi connectivity index (χ0v) is 11.3. The fourth-order valence-corrected chi connectivity index (χ4v) is 3.29. The molecule has 0 radical (unpaired) electrons. The summed E-state index contributed by atoms with van der Waals surface area (Å²) < 4.78 is 1.13. The van der Waals surface area contributed by atoms with Gasteiger partial charge in [-0.2, -0.15) is 0 Å². The quantitative estimate of drug-likeness (QED) is 0.680. The monoisotopic (exact) mass is 304 g/mol. The van der Waals surface area contributed by atoms with Gasteiger partial charge in [-0.1, -0.05) is 12.1 Å². The van der Waals surface area contributed by atoms with E-state index in [1.165, 1.54) is 10.4 Å². The number of thiophene rings is 1. The largest absolute Gasteiger partial charge is 0.397 e. The van der Waals surface area contributed by atoms with Crippen LogP contribution in [-0.2, 0) is 0 Å². The molecule has 2 N–H and O–H groups in total. The van der Waals surface area contributed by atoms with Crippen molar-refractivity contribution in [3.63, 3.8) is 0 Å². The highest BCUT2D eigenvalue weighted by Crippen LogP contribution is 2.36. The number of hydrogen-bond acceptors (Lipinski definition) is 3. The van der Waals surface area contributed by atoms with Crippen molar-refractivity contribution in [1.82, 2.24) is 4.98 Å². The van der Waals surface area contributed by atoms with Crippen molar-refractivity contribution < 1.29 is 0 Å². The fourth-order valence-electron chi connectivity index (χ4n) is 1.87. The Balaban J connectivity index is 2.34. The topological polar surface area (TPSA) is 38.9 Å². The molecule has 84 valence electrons. The smallest absolute Gasteiger partial charge is 0.0937 e. The van der Waals surface area contributed by atoms with Gasteiger partial charge in [0.1, 0.15) is 0 Å². The van der Waals surface area contributed by atoms with Gasteiger partial charge in [0, 0.05) is 22.0 Å². The average Bonchev–Trinajstić information content (AvgIpc) is 2.77. The molecule has 2 heterocycles. The Labute approximate surface area is 111 Å². The minimum atomic E-state index is 0.722. The SMILES string of the molecule is Nc1ccc(-c2ccc(Br)s2)c2cccnc12. The van der Waals surface area contributed by atoms with E-state index < -0.39 is 0 Å². The molecule has 0 bridgehead atoms. The summed E-state index contributed by atoms with van der Waals surface area (Å²) in [6.45, 7) is 0. The van der Waals surface area contributed by atoms with Crippen molar-refractivity contribution in [2.75, 3.05) is 5.73 Å². The molecule has 0 amide bonds. The van der Waals surface area contributed by atoms with Crippen molar-refractivity contribution in [3.8, 4) is 10.4 Å². The number of nitrogens with two attached hydrogens (primary N) is 1. The van der Waals surface area contributed by atoms with Crippen molar-refractivity contribution in [1.29, 1.82) is 0 Å². The van der Waals surface area contributed by atoms with Crippen LogP contribution in [0.1, 0.15) is 0 Å². The number of benzene rings is 1. The van der Waals surface area contributed by atoms with Gasteiger partial charge >= 0.3 is 0 Å². The van der Waals surface area contributed by atoms with E-state index in [0.29, 0.717) is 0 Å². The summed E-state index contributed by atoms with van der Waals surface area (Å²) in [5, 5.41) is 1.10. The Hall–Kier alpha value is -1.39. The van der Waals surface area contributed by atoms with Crippen molar-refractivity contribution in [3.05, 3.63) is 46.4 Å². The molecule has 2 aromatic heterocycles. The van der Waals surface area contributed by atoms with Crippen LogP contribution in [0.15, 0.2) is 46.4 Å². The first kappa shape index (κ1) is 10.7. The molecule has 3 aromatic rings. The summed E-state index contributed by atoms with van der Waals surface area (Å²) in [6, 6.07) is 12.1. The van der Waals surface area contributed by atoms with Crippen LogP contribution in [0, 0.1) is 0 Å². The molecule has 0 saturated carbocycles. The lowest BCUT2D eigenvalue weighted by Gasteiger charge is -2.06. The van der Waals surface area contributed by atoms with E-state index in [-0.39, 0.29) is 0 Å². The van der Waals surface area contributed by atoms with Crippen molar-refractivity contribution >= 4 is 43.9 Å². The molecular formula is C13H9BrN2S. The van der Waals surface area contributed by atoms with Gasteiger partial charge < -0.3 is 5.73 Å². The molecule has 0 saturated heterocycles. The van der Waals surface area contributed by atoms with Crippen LogP contribution in [-0.4, -0.2) is 4.98 Å². The molecular weight excluding hydrogens is 296 g/mol. The second-order valence-corrected chi connectivity index (χ2v) is 6.17. The zero-order chi connectivity index (χ0) is 11.8. The molecule has 0 spiro atoms. The molecule has 0 fully saturated rings. The summed E-state index contributed by atoms with van der Waals surface area (Å²) >= 11 is 5.20. The highest BCUT2D eigenvalue weighted by molar-refractivity contribution is 9.11. The number of aromatic nitrogens is 1. The predicted molar refractivity (Wildman–Crippen MR) is 77.2 cm³/mol. The molecule has 0 aliphatic carbocycles. The third-order valence-electron chi connectivity index (χ3n) is 2.64. The summed E-state index contributed by atoms with van der Waals surface area (Å²) in [5.41, 5.74) is 8.71. The van der Waals surface area contributed by atoms with E-state index >= 15 is 0 Å². The number of halogens is 1. The maximum Gasteiger partial charge on any atom is 0.0937 e. The molecule has 4 heteroatoms. The Morgan fingerprint density at radius 1 is 1.12 bits per heavy atom. The van der Waals surface area contributed by atoms with E-state index in [1.54, 1.807) is 17.5 Å². The summed E-state index contributed by atoms with van der Waals surface area (Å²) in [5.74, 6) is 0. The van der Waals surface area contributed by atoms with E-state index in [0.717, 1.165) is 20.4 Å². The predicted octanol–water partition coefficient (Wildman–Crippen LogP) is 4.31. The second kappa shape index (κ2) is 4.13. The van der Waals surface area contributed by atoms with E-state index in [9.17, 15) is 0 Å². The number of anilines is 1. The molecule has 1 aromatic carbocycles. The lowest BCUT2D eigenvalue weighted by Crippen LogP contribution is -1.90. The number of nitrogens with zero attached hydrogens (tertiary/aromatic N) is 1. The van der Waals surface area contributed by atoms with Crippen molar-refractivity contribution in [2.24, 2.45) is 0 Å². The van der Waals surface area contributed by atoms with Crippen LogP contribution < -0.4 is 5.73 Å². The Kier molecular flexibility index (Phi) is 2.61. The molecule has 0 unspecified atom stereocenters. The summed E-state index contributed by atoms with van der Waals surface area (Å²) in [6.07, 6.45) is 1.77. The number of pyridine rings is 1. The van der Waals surface area contributed by atoms with Crippen molar-refractivity contribution in [2.45, 2.75) is 0 Å². The zero-order valence-electron chi connectivity index (χ0n) is 8.85. The van der Waals surface area contributed by atoms with Gasteiger partial charge in [0.2, 0.25) is 0 Å². The lowest BCUT2D eigenvalue weighted by atomic mass is 10.1. The van der Waals surface area contributed by atoms with Crippen LogP contribution in [0.25, 0.3) is 21.3 Å². The van der Waals surface area contributed by atoms with E-state index in [1.807, 2.05) is 12.1 Å². The number of rotatable bonds is 1. The van der Waals surface area contributed by atoms with Gasteiger partial charge in [0.25, 0.3) is 0 Å². The minimum absolute atomic E-state index is 0.722. The Morgan fingerprint density at radius 3 is 2.76 bits per heavy atom. The average molecular weight is 305 g/mol. The number of hydrogen-bond donors (Lipinski definition) is 1. The third kappa shape index (κ3) is 1.83. The first-order valence-corrected chi connectivity index (χ1v) is 6.75. The standard InChI is InChI=1S/C13H9BrN2S/c14-12-6-5-11(17-12)8-3-4-10(15)13-9(8)2-1-7-16-13/h1-7H,15H2. The first-order chi connectivity index (χ1) is 8.25. The second-order valence-electron chi connectivity index (χ2n) is 3.71. The van der Waals surface area contributed by atoms with Gasteiger partial charge in [-0.15, -0.1) is 11.3 Å². The third-order valence-corrected chi connectivity index (χ3v) is 4.30. The highest BCUT2D eigenvalue weighted by Gasteiger charge is 2.08. The van der Waals surface area contributed by atoms with Gasteiger partial charge in [-0.3, -0.25) is 4.98 Å². The summed E-state index contributed by atoms with van der Waals surface area (Å²) in [4.78, 5) is 5.56. The van der Waals surface area contributed by atoms with E-state index in [2.05, 4.69) is 45.2 Å². The van der Waals surface area contributed by atoms with Gasteiger partial charge in [-0.05, 0) is 40.2 Å². The first-order valence-electron chi connectivity index (χ1n) is 5.14. The van der Waals surface area contributed by atoms with E-state index in [4.69, 9.17) is 5.73 Å². The molecule has 17 heavy (non-hydrogen) atoms. The Morgan fingerprint density at radius 2 is 2.00 bits per heavy atom. The molecule has 3 rings (SSSR count). The normalized spacial score (nSPS) is 10.9. The molecule has 2 nitrogen and oxygen atoms in total. The molecule has 0 aliphatic rings. The van der Waals surface area contributed by atoms with Crippen LogP contribution >= 0.6 is 27.3 Å². The lowest BCUT2D eigenvalue weighted by molar-refractivity contribution is 1.41. The van der Waals surface area contributed by atoms with Gasteiger partial charge in [0.15, 0.2) is 0 Å². The number of nitrogen functional groups attached to an aromatic ring is 1. The van der Waals surface area contributed by atoms with Crippen LogP contribution in [0.2, 0.25) is 0 Å². The minimum Gasteiger partial charge on any atom is -0.397 e. The van der Waals surface area contributed by atoms with Crippen LogP contribution in [0.5, 0.6) is 0 Å². The highest BCUT2D eigenvalue weighted by atomic mass is 79.9. The fraction of sp³-hybridized carbons (Fsp3) is 0. The van der Waals surface area contributed by atoms with Crippen LogP contribution in [0.4, 0.5) is 5.69 Å². The van der Waals surface area contributed by atoms with Gasteiger partial charge in [-0.25, -0.2) is 0 Å². The van der Waals surface area contributed by atoms with Gasteiger partial charge in [0.05, 0.1) is 15.0 Å². The molecule has 0 aliphatic heterocycles. The van der Waals surface area contributed by atoms with Crippen LogP contribution in [0.3, 0.4) is 0 Å². The maximum absolute atomic E-state index is 5.94. The number of fused-ring (bicyclic) bond motifs is 1. The Bertz CT molecular complexity index is 691. The summed E-state index contributed by atoms with van der Waals surface area (Å²) in [7, 11) is 0.